The minimum Gasteiger partial charge on any atom is -0.337 e. The summed E-state index contributed by atoms with van der Waals surface area (Å²) in [5.74, 6) is -0.0555. The fourth-order valence-electron chi connectivity index (χ4n) is 6.94. The zero-order valence-corrected chi connectivity index (χ0v) is 20.9. The van der Waals surface area contributed by atoms with Crippen LogP contribution >= 0.6 is 0 Å². The Labute approximate surface area is 210 Å². The monoisotopic (exact) mass is 493 g/mol. The SMILES string of the molecule is Cn1c(=O)n(C2CCC(=O)NC2=O)c2ccc(CCN3CC4C[C@@H]3CN4C(=O)C3CCCCC3)cc21. The van der Waals surface area contributed by atoms with Crippen LogP contribution in [0.4, 0.5) is 0 Å². The van der Waals surface area contributed by atoms with Crippen molar-refractivity contribution in [1.82, 2.24) is 24.3 Å². The quantitative estimate of drug-likeness (QED) is 0.640. The molecule has 2 bridgehead atoms. The first-order chi connectivity index (χ1) is 17.4. The molecule has 3 amide bonds. The van der Waals surface area contributed by atoms with Crippen LogP contribution in [0.25, 0.3) is 11.0 Å². The van der Waals surface area contributed by atoms with Crippen molar-refractivity contribution >= 4 is 28.8 Å². The molecule has 1 saturated carbocycles. The fraction of sp³-hybridized carbons (Fsp3) is 0.630. The van der Waals surface area contributed by atoms with E-state index in [9.17, 15) is 19.2 Å². The Balaban J connectivity index is 1.12. The fourth-order valence-corrected chi connectivity index (χ4v) is 6.94. The predicted molar refractivity (Wildman–Crippen MR) is 134 cm³/mol. The van der Waals surface area contributed by atoms with E-state index in [4.69, 9.17) is 0 Å². The van der Waals surface area contributed by atoms with E-state index in [0.717, 1.165) is 61.9 Å². The van der Waals surface area contributed by atoms with Crippen LogP contribution in [0.1, 0.15) is 63.0 Å². The van der Waals surface area contributed by atoms with Gasteiger partial charge in [-0.1, -0.05) is 25.3 Å². The van der Waals surface area contributed by atoms with Crippen molar-refractivity contribution in [3.05, 3.63) is 34.2 Å². The molecule has 0 spiro atoms. The lowest BCUT2D eigenvalue weighted by Crippen LogP contribution is -2.50. The van der Waals surface area contributed by atoms with E-state index in [2.05, 4.69) is 15.1 Å². The molecule has 3 aliphatic heterocycles. The summed E-state index contributed by atoms with van der Waals surface area (Å²) in [5, 5.41) is 2.36. The number of nitrogens with zero attached hydrogens (tertiary/aromatic N) is 4. The van der Waals surface area contributed by atoms with Gasteiger partial charge in [0.25, 0.3) is 0 Å². The Bertz CT molecular complexity index is 1270. The molecule has 36 heavy (non-hydrogen) atoms. The summed E-state index contributed by atoms with van der Waals surface area (Å²) in [5.41, 5.74) is 2.43. The number of aromatic nitrogens is 2. The average Bonchev–Trinajstić information content (AvgIpc) is 3.55. The summed E-state index contributed by atoms with van der Waals surface area (Å²) >= 11 is 0. The maximum atomic E-state index is 13.0. The molecule has 1 N–H and O–H groups in total. The van der Waals surface area contributed by atoms with E-state index in [0.29, 0.717) is 24.4 Å². The van der Waals surface area contributed by atoms with Gasteiger partial charge in [-0.15, -0.1) is 0 Å². The summed E-state index contributed by atoms with van der Waals surface area (Å²) in [6, 6.07) is 6.16. The van der Waals surface area contributed by atoms with Gasteiger partial charge >= 0.3 is 5.69 Å². The number of carbonyl (C=O) groups is 3. The van der Waals surface area contributed by atoms with Crippen molar-refractivity contribution in [2.45, 2.75) is 75.9 Å². The number of likely N-dealkylation sites (tertiary alicyclic amines) is 2. The van der Waals surface area contributed by atoms with Crippen LogP contribution in [0.5, 0.6) is 0 Å². The summed E-state index contributed by atoms with van der Waals surface area (Å²) in [6.07, 6.45) is 8.30. The first-order valence-corrected chi connectivity index (χ1v) is 13.5. The molecule has 1 aromatic heterocycles. The number of amides is 3. The van der Waals surface area contributed by atoms with Crippen LogP contribution in [0.3, 0.4) is 0 Å². The number of imide groups is 1. The van der Waals surface area contributed by atoms with E-state index in [-0.39, 0.29) is 23.9 Å². The number of hydrogen-bond acceptors (Lipinski definition) is 5. The van der Waals surface area contributed by atoms with Gasteiger partial charge in [-0.05, 0) is 49.8 Å². The molecule has 2 unspecified atom stereocenters. The minimum atomic E-state index is -0.663. The number of hydrogen-bond donors (Lipinski definition) is 1. The lowest BCUT2D eigenvalue weighted by Gasteiger charge is -2.36. The van der Waals surface area contributed by atoms with Crippen molar-refractivity contribution in [3.8, 4) is 0 Å². The number of nitrogens with one attached hydrogen (secondary N) is 1. The molecule has 2 aromatic rings. The normalized spacial score (nSPS) is 27.2. The number of imidazole rings is 1. The standard InChI is InChI=1S/C27H35N5O4/c1-29-23-13-17(7-8-21(23)32(27(29)36)22-9-10-24(33)28-25(22)34)11-12-30-15-20-14-19(30)16-31(20)26(35)18-5-3-2-4-6-18/h7-8,13,18-20,22H,2-6,9-12,14-16H2,1H3,(H,28,33,34)/t19-,20?,22?/m1/s1. The van der Waals surface area contributed by atoms with Crippen molar-refractivity contribution in [3.63, 3.8) is 0 Å². The minimum absolute atomic E-state index is 0.235. The van der Waals surface area contributed by atoms with Crippen molar-refractivity contribution in [2.24, 2.45) is 13.0 Å². The topological polar surface area (TPSA) is 96.6 Å². The summed E-state index contributed by atoms with van der Waals surface area (Å²) in [7, 11) is 1.73. The molecule has 9 heteroatoms. The molecule has 192 valence electrons. The highest BCUT2D eigenvalue weighted by atomic mass is 16.2. The van der Waals surface area contributed by atoms with Crippen LogP contribution < -0.4 is 11.0 Å². The maximum Gasteiger partial charge on any atom is 0.329 e. The highest BCUT2D eigenvalue weighted by Gasteiger charge is 2.46. The van der Waals surface area contributed by atoms with E-state index >= 15 is 0 Å². The van der Waals surface area contributed by atoms with Gasteiger partial charge in [0.1, 0.15) is 6.04 Å². The molecule has 6 rings (SSSR count). The van der Waals surface area contributed by atoms with Gasteiger partial charge in [0.2, 0.25) is 17.7 Å². The molecule has 1 aliphatic carbocycles. The number of piperazine rings is 1. The Kier molecular flexibility index (Phi) is 5.98. The Morgan fingerprint density at radius 3 is 2.53 bits per heavy atom. The Morgan fingerprint density at radius 2 is 1.81 bits per heavy atom. The molecule has 0 radical (unpaired) electrons. The summed E-state index contributed by atoms with van der Waals surface area (Å²) in [6.45, 7) is 2.75. The molecule has 4 heterocycles. The van der Waals surface area contributed by atoms with Crippen molar-refractivity contribution in [2.75, 3.05) is 19.6 Å². The highest BCUT2D eigenvalue weighted by Crippen LogP contribution is 2.34. The number of aryl methyl sites for hydroxylation is 1. The summed E-state index contributed by atoms with van der Waals surface area (Å²) in [4.78, 5) is 54.7. The van der Waals surface area contributed by atoms with Crippen molar-refractivity contribution < 1.29 is 14.4 Å². The second kappa shape index (κ2) is 9.18. The van der Waals surface area contributed by atoms with E-state index < -0.39 is 11.9 Å². The average molecular weight is 494 g/mol. The van der Waals surface area contributed by atoms with Gasteiger partial charge in [0, 0.05) is 51.1 Å². The predicted octanol–water partition coefficient (Wildman–Crippen LogP) is 1.73. The number of benzene rings is 1. The first kappa shape index (κ1) is 23.5. The first-order valence-electron chi connectivity index (χ1n) is 13.5. The molecule has 3 atom stereocenters. The molecule has 3 saturated heterocycles. The van der Waals surface area contributed by atoms with E-state index in [1.807, 2.05) is 18.2 Å². The van der Waals surface area contributed by atoms with Crippen LogP contribution in [-0.4, -0.2) is 68.4 Å². The lowest BCUT2D eigenvalue weighted by molar-refractivity contribution is -0.139. The van der Waals surface area contributed by atoms with Gasteiger partial charge in [-0.25, -0.2) is 4.79 Å². The lowest BCUT2D eigenvalue weighted by atomic mass is 9.88. The van der Waals surface area contributed by atoms with Gasteiger partial charge in [0.15, 0.2) is 0 Å². The number of rotatable bonds is 5. The third-order valence-electron chi connectivity index (χ3n) is 8.95. The van der Waals surface area contributed by atoms with E-state index in [1.54, 1.807) is 11.6 Å². The van der Waals surface area contributed by atoms with Crippen LogP contribution in [0.2, 0.25) is 0 Å². The van der Waals surface area contributed by atoms with Gasteiger partial charge < -0.3 is 4.90 Å². The van der Waals surface area contributed by atoms with Crippen LogP contribution in [0, 0.1) is 5.92 Å². The van der Waals surface area contributed by atoms with Gasteiger partial charge in [-0.3, -0.25) is 33.7 Å². The zero-order chi connectivity index (χ0) is 25.0. The van der Waals surface area contributed by atoms with Crippen molar-refractivity contribution in [1.29, 1.82) is 0 Å². The van der Waals surface area contributed by atoms with Crippen LogP contribution in [0.15, 0.2) is 23.0 Å². The number of fused-ring (bicyclic) bond motifs is 3. The molecule has 4 aliphatic rings. The largest absolute Gasteiger partial charge is 0.337 e. The Morgan fingerprint density at radius 1 is 1.00 bits per heavy atom. The molecule has 9 nitrogen and oxygen atoms in total. The number of piperidine rings is 1. The van der Waals surface area contributed by atoms with Gasteiger partial charge in [-0.2, -0.15) is 0 Å². The second-order valence-electron chi connectivity index (χ2n) is 11.1. The van der Waals surface area contributed by atoms with E-state index in [1.165, 1.54) is 23.8 Å². The number of carbonyl (C=O) groups excluding carboxylic acids is 3. The second-order valence-corrected chi connectivity index (χ2v) is 11.1. The van der Waals surface area contributed by atoms with Crippen LogP contribution in [-0.2, 0) is 27.9 Å². The maximum absolute atomic E-state index is 13.0. The third-order valence-corrected chi connectivity index (χ3v) is 8.95. The zero-order valence-electron chi connectivity index (χ0n) is 20.9. The molecular weight excluding hydrogens is 458 g/mol. The third kappa shape index (κ3) is 3.97. The summed E-state index contributed by atoms with van der Waals surface area (Å²) < 4.78 is 3.12. The molecule has 1 aromatic carbocycles. The highest BCUT2D eigenvalue weighted by molar-refractivity contribution is 6.00. The van der Waals surface area contributed by atoms with Gasteiger partial charge in [0.05, 0.1) is 11.0 Å². The molecule has 4 fully saturated rings. The Hall–Kier alpha value is -2.94. The molecular formula is C27H35N5O4. The smallest absolute Gasteiger partial charge is 0.329 e.